The summed E-state index contributed by atoms with van der Waals surface area (Å²) in [5.74, 6) is 6.32. The van der Waals surface area contributed by atoms with Gasteiger partial charge in [-0.1, -0.05) is 11.8 Å². The first-order valence-electron chi connectivity index (χ1n) is 8.38. The molecule has 1 aromatic carbocycles. The van der Waals surface area contributed by atoms with Crippen LogP contribution in [0.5, 0.6) is 0 Å². The Kier molecular flexibility index (Phi) is 4.88. The topological polar surface area (TPSA) is 79.9 Å². The summed E-state index contributed by atoms with van der Waals surface area (Å²) < 4.78 is 1.80. The maximum atomic E-state index is 12.9. The fourth-order valence-corrected chi connectivity index (χ4v) is 2.94. The smallest absolute Gasteiger partial charge is 0.262 e. The van der Waals surface area contributed by atoms with E-state index in [1.54, 1.807) is 4.57 Å². The molecule has 0 bridgehead atoms. The van der Waals surface area contributed by atoms with Gasteiger partial charge < -0.3 is 10.3 Å². The number of aromatic nitrogens is 3. The molecule has 2 heterocycles. The zero-order valence-electron chi connectivity index (χ0n) is 14.9. The van der Waals surface area contributed by atoms with E-state index in [2.05, 4.69) is 22.0 Å². The molecule has 0 radical (unpaired) electrons. The Balaban J connectivity index is 2.24. The number of aryl methyl sites for hydroxylation is 2. The lowest BCUT2D eigenvalue weighted by Gasteiger charge is -2.11. The lowest BCUT2D eigenvalue weighted by atomic mass is 10.1. The lowest BCUT2D eigenvalue weighted by Crippen LogP contribution is -2.22. The average molecular weight is 337 g/mol. The molecule has 3 rings (SSSR count). The van der Waals surface area contributed by atoms with Gasteiger partial charge in [-0.15, -0.1) is 0 Å². The van der Waals surface area contributed by atoms with Crippen LogP contribution in [0.1, 0.15) is 17.7 Å². The third-order valence-corrected chi connectivity index (χ3v) is 4.16. The minimum atomic E-state index is -0.0198. The van der Waals surface area contributed by atoms with Crippen LogP contribution in [0.25, 0.3) is 21.8 Å². The van der Waals surface area contributed by atoms with Gasteiger partial charge in [0.25, 0.3) is 5.56 Å². The maximum Gasteiger partial charge on any atom is 0.262 e. The monoisotopic (exact) mass is 337 g/mol. The van der Waals surface area contributed by atoms with Crippen molar-refractivity contribution in [3.8, 4) is 11.8 Å². The molecule has 6 nitrogen and oxygen atoms in total. The molecule has 2 aromatic heterocycles. The van der Waals surface area contributed by atoms with Gasteiger partial charge in [0.2, 0.25) is 0 Å². The van der Waals surface area contributed by atoms with Crippen LogP contribution in [0, 0.1) is 18.8 Å². The van der Waals surface area contributed by atoms with E-state index in [0.29, 0.717) is 30.5 Å². The Bertz CT molecular complexity index is 1030. The predicted molar refractivity (Wildman–Crippen MR) is 102 cm³/mol. The van der Waals surface area contributed by atoms with E-state index in [1.807, 2.05) is 44.1 Å². The summed E-state index contributed by atoms with van der Waals surface area (Å²) in [6, 6.07) is 5.92. The van der Waals surface area contributed by atoms with Gasteiger partial charge in [-0.2, -0.15) is 5.10 Å². The van der Waals surface area contributed by atoms with Gasteiger partial charge in [0, 0.05) is 23.2 Å². The number of nitrogens with zero attached hydrogens (tertiary/aromatic N) is 3. The Labute approximate surface area is 146 Å². The Morgan fingerprint density at radius 3 is 2.88 bits per heavy atom. The number of hydrogen-bond acceptors (Lipinski definition) is 4. The highest BCUT2D eigenvalue weighted by atomic mass is 16.1. The third-order valence-electron chi connectivity index (χ3n) is 4.16. The number of aromatic amines is 1. The molecule has 0 saturated carbocycles. The van der Waals surface area contributed by atoms with E-state index in [4.69, 9.17) is 5.73 Å². The lowest BCUT2D eigenvalue weighted by molar-refractivity contribution is 0.464. The number of nitrogens with two attached hydrogens (primary N) is 1. The summed E-state index contributed by atoms with van der Waals surface area (Å²) in [4.78, 5) is 14.9. The van der Waals surface area contributed by atoms with E-state index in [9.17, 15) is 4.79 Å². The molecule has 6 heteroatoms. The minimum Gasteiger partial charge on any atom is -0.330 e. The van der Waals surface area contributed by atoms with E-state index in [-0.39, 0.29) is 5.56 Å². The van der Waals surface area contributed by atoms with Crippen molar-refractivity contribution in [2.45, 2.75) is 19.9 Å². The molecule has 0 amide bonds. The molecule has 0 aliphatic heterocycles. The predicted octanol–water partition coefficient (Wildman–Crippen LogP) is 1.45. The fraction of sp³-hybridized carbons (Fsp3) is 0.368. The standard InChI is InChI=1S/C19H23N5O/c1-13-17-18(22-21-13)15-12-14(6-4-10-23(2)3)7-8-16(15)24(19(17)25)11-5-9-20/h7-8,12H,5,9-11,20H2,1-3H3,(H,21,22). The Morgan fingerprint density at radius 1 is 1.36 bits per heavy atom. The summed E-state index contributed by atoms with van der Waals surface area (Å²) >= 11 is 0. The third kappa shape index (κ3) is 3.29. The summed E-state index contributed by atoms with van der Waals surface area (Å²) in [6.07, 6.45) is 0.752. The normalized spacial score (nSPS) is 11.2. The van der Waals surface area contributed by atoms with Crippen LogP contribution in [0.2, 0.25) is 0 Å². The second-order valence-corrected chi connectivity index (χ2v) is 6.44. The molecule has 3 N–H and O–H groups in total. The number of H-pyrrole nitrogens is 1. The summed E-state index contributed by atoms with van der Waals surface area (Å²) in [6.45, 7) is 3.71. The first-order chi connectivity index (χ1) is 12.0. The van der Waals surface area contributed by atoms with E-state index < -0.39 is 0 Å². The second-order valence-electron chi connectivity index (χ2n) is 6.44. The second kappa shape index (κ2) is 7.09. The van der Waals surface area contributed by atoms with Crippen LogP contribution in [-0.4, -0.2) is 46.8 Å². The van der Waals surface area contributed by atoms with Crippen molar-refractivity contribution in [1.29, 1.82) is 0 Å². The number of fused-ring (bicyclic) bond motifs is 3. The Morgan fingerprint density at radius 2 is 2.16 bits per heavy atom. The average Bonchev–Trinajstić information content (AvgIpc) is 2.97. The highest BCUT2D eigenvalue weighted by Gasteiger charge is 2.15. The van der Waals surface area contributed by atoms with Crippen LogP contribution >= 0.6 is 0 Å². The van der Waals surface area contributed by atoms with Gasteiger partial charge >= 0.3 is 0 Å². The molecule has 0 aliphatic carbocycles. The van der Waals surface area contributed by atoms with Crippen LogP contribution in [0.3, 0.4) is 0 Å². The van der Waals surface area contributed by atoms with Gasteiger partial charge in [-0.05, 0) is 52.2 Å². The van der Waals surface area contributed by atoms with Crippen LogP contribution < -0.4 is 11.3 Å². The molecular formula is C19H23N5O. The molecular weight excluding hydrogens is 314 g/mol. The number of benzene rings is 1. The van der Waals surface area contributed by atoms with Crippen LogP contribution in [0.15, 0.2) is 23.0 Å². The van der Waals surface area contributed by atoms with Gasteiger partial charge in [-0.25, -0.2) is 0 Å². The summed E-state index contributed by atoms with van der Waals surface area (Å²) in [5, 5.41) is 8.88. The van der Waals surface area contributed by atoms with Gasteiger partial charge in [-0.3, -0.25) is 14.8 Å². The van der Waals surface area contributed by atoms with E-state index in [1.165, 1.54) is 0 Å². The minimum absolute atomic E-state index is 0.0198. The molecule has 0 unspecified atom stereocenters. The molecule has 25 heavy (non-hydrogen) atoms. The largest absolute Gasteiger partial charge is 0.330 e. The number of pyridine rings is 1. The summed E-state index contributed by atoms with van der Waals surface area (Å²) in [5.41, 5.74) is 8.90. The van der Waals surface area contributed by atoms with Crippen molar-refractivity contribution in [2.24, 2.45) is 5.73 Å². The molecule has 3 aromatic rings. The highest BCUT2D eigenvalue weighted by Crippen LogP contribution is 2.24. The Hall–Kier alpha value is -2.62. The zero-order chi connectivity index (χ0) is 18.0. The number of nitrogens with one attached hydrogen (secondary N) is 1. The molecule has 0 saturated heterocycles. The maximum absolute atomic E-state index is 12.9. The number of rotatable bonds is 4. The van der Waals surface area contributed by atoms with Crippen molar-refractivity contribution in [2.75, 3.05) is 27.2 Å². The zero-order valence-corrected chi connectivity index (χ0v) is 14.9. The quantitative estimate of drug-likeness (QED) is 0.706. The molecule has 0 spiro atoms. The van der Waals surface area contributed by atoms with E-state index >= 15 is 0 Å². The van der Waals surface area contributed by atoms with Crippen LogP contribution in [-0.2, 0) is 6.54 Å². The fourth-order valence-electron chi connectivity index (χ4n) is 2.94. The van der Waals surface area contributed by atoms with Crippen molar-refractivity contribution in [3.63, 3.8) is 0 Å². The van der Waals surface area contributed by atoms with Gasteiger partial charge in [0.15, 0.2) is 0 Å². The first-order valence-corrected chi connectivity index (χ1v) is 8.38. The highest BCUT2D eigenvalue weighted by molar-refractivity contribution is 6.04. The van der Waals surface area contributed by atoms with Gasteiger partial charge in [0.1, 0.15) is 5.52 Å². The molecule has 0 atom stereocenters. The van der Waals surface area contributed by atoms with Crippen molar-refractivity contribution < 1.29 is 0 Å². The molecule has 130 valence electrons. The van der Waals surface area contributed by atoms with Crippen molar-refractivity contribution in [1.82, 2.24) is 19.7 Å². The molecule has 0 fully saturated rings. The van der Waals surface area contributed by atoms with E-state index in [0.717, 1.165) is 28.6 Å². The summed E-state index contributed by atoms with van der Waals surface area (Å²) in [7, 11) is 3.97. The van der Waals surface area contributed by atoms with Crippen molar-refractivity contribution >= 4 is 21.8 Å². The van der Waals surface area contributed by atoms with Crippen LogP contribution in [0.4, 0.5) is 0 Å². The SMILES string of the molecule is Cc1[nH]nc2c1c(=O)n(CCCN)c1ccc(C#CCN(C)C)cc21. The number of hydrogen-bond donors (Lipinski definition) is 2. The van der Waals surface area contributed by atoms with Gasteiger partial charge in [0.05, 0.1) is 17.4 Å². The molecule has 0 aliphatic rings. The first kappa shape index (κ1) is 17.2. The van der Waals surface area contributed by atoms with Crippen molar-refractivity contribution in [3.05, 3.63) is 39.8 Å².